The van der Waals surface area contributed by atoms with Gasteiger partial charge in [-0.2, -0.15) is 5.10 Å². The molecule has 0 saturated heterocycles. The Morgan fingerprint density at radius 1 is 1.53 bits per heavy atom. The molecule has 4 unspecified atom stereocenters. The third-order valence-corrected chi connectivity index (χ3v) is 4.47. The molecule has 1 aromatic rings. The van der Waals surface area contributed by atoms with Crippen LogP contribution in [-0.2, 0) is 6.42 Å². The first kappa shape index (κ1) is 12.6. The van der Waals surface area contributed by atoms with E-state index in [9.17, 15) is 0 Å². The molecular formula is C14H25N3. The Morgan fingerprint density at radius 2 is 2.29 bits per heavy atom. The fraction of sp³-hybridized carbons (Fsp3) is 0.786. The van der Waals surface area contributed by atoms with Gasteiger partial charge in [0.1, 0.15) is 0 Å². The molecule has 1 fully saturated rings. The number of nitrogens with zero attached hydrogens (tertiary/aromatic N) is 2. The second kappa shape index (κ2) is 5.21. The number of hydrogen-bond donors (Lipinski definition) is 1. The zero-order valence-electron chi connectivity index (χ0n) is 11.3. The van der Waals surface area contributed by atoms with Crippen LogP contribution in [0, 0.1) is 11.8 Å². The summed E-state index contributed by atoms with van der Waals surface area (Å²) >= 11 is 0. The van der Waals surface area contributed by atoms with Gasteiger partial charge in [0, 0.05) is 18.3 Å². The van der Waals surface area contributed by atoms with Crippen LogP contribution in [0.25, 0.3) is 0 Å². The van der Waals surface area contributed by atoms with Crippen molar-refractivity contribution in [3.63, 3.8) is 0 Å². The summed E-state index contributed by atoms with van der Waals surface area (Å²) in [6.07, 6.45) is 6.78. The Morgan fingerprint density at radius 3 is 2.88 bits per heavy atom. The van der Waals surface area contributed by atoms with E-state index >= 15 is 0 Å². The maximum absolute atomic E-state index is 6.07. The molecule has 1 heterocycles. The third kappa shape index (κ3) is 2.71. The van der Waals surface area contributed by atoms with Crippen molar-refractivity contribution >= 4 is 0 Å². The second-order valence-electron chi connectivity index (χ2n) is 5.61. The molecule has 1 aliphatic carbocycles. The molecule has 0 spiro atoms. The van der Waals surface area contributed by atoms with Crippen molar-refractivity contribution in [2.45, 2.75) is 58.5 Å². The predicted octanol–water partition coefficient (Wildman–Crippen LogP) is 2.77. The molecule has 1 aliphatic rings. The van der Waals surface area contributed by atoms with Crippen LogP contribution in [0.5, 0.6) is 0 Å². The highest BCUT2D eigenvalue weighted by atomic mass is 15.3. The van der Waals surface area contributed by atoms with Crippen molar-refractivity contribution in [3.8, 4) is 0 Å². The first-order valence-electron chi connectivity index (χ1n) is 6.91. The van der Waals surface area contributed by atoms with Crippen LogP contribution in [0.15, 0.2) is 12.3 Å². The molecule has 17 heavy (non-hydrogen) atoms. The van der Waals surface area contributed by atoms with Crippen molar-refractivity contribution in [2.24, 2.45) is 17.6 Å². The largest absolute Gasteiger partial charge is 0.327 e. The molecule has 0 radical (unpaired) electrons. The van der Waals surface area contributed by atoms with E-state index in [-0.39, 0.29) is 0 Å². The molecule has 0 bridgehead atoms. The van der Waals surface area contributed by atoms with E-state index in [1.807, 2.05) is 0 Å². The summed E-state index contributed by atoms with van der Waals surface area (Å²) in [6, 6.07) is 3.08. The van der Waals surface area contributed by atoms with Crippen LogP contribution in [-0.4, -0.2) is 15.8 Å². The second-order valence-corrected chi connectivity index (χ2v) is 5.61. The Labute approximate surface area is 104 Å². The Bertz CT molecular complexity index is 358. The molecule has 1 saturated carbocycles. The zero-order valence-corrected chi connectivity index (χ0v) is 11.3. The molecule has 1 aromatic heterocycles. The van der Waals surface area contributed by atoms with Gasteiger partial charge in [-0.25, -0.2) is 0 Å². The quantitative estimate of drug-likeness (QED) is 0.872. The molecular weight excluding hydrogens is 210 g/mol. The van der Waals surface area contributed by atoms with Gasteiger partial charge in [0.2, 0.25) is 0 Å². The maximum Gasteiger partial charge on any atom is 0.0627 e. The minimum atomic E-state index is 0.400. The highest BCUT2D eigenvalue weighted by molar-refractivity contribution is 5.03. The maximum atomic E-state index is 6.07. The topological polar surface area (TPSA) is 43.8 Å². The molecule has 96 valence electrons. The lowest BCUT2D eigenvalue weighted by molar-refractivity contribution is 0.383. The van der Waals surface area contributed by atoms with Crippen LogP contribution in [0.4, 0.5) is 0 Å². The molecule has 2 rings (SSSR count). The lowest BCUT2D eigenvalue weighted by Crippen LogP contribution is -2.25. The molecule has 4 atom stereocenters. The third-order valence-electron chi connectivity index (χ3n) is 4.47. The van der Waals surface area contributed by atoms with Crippen LogP contribution >= 0.6 is 0 Å². The highest BCUT2D eigenvalue weighted by Crippen LogP contribution is 2.32. The lowest BCUT2D eigenvalue weighted by Gasteiger charge is -2.16. The van der Waals surface area contributed by atoms with Crippen LogP contribution in [0.1, 0.15) is 51.8 Å². The zero-order chi connectivity index (χ0) is 12.4. The van der Waals surface area contributed by atoms with Crippen LogP contribution in [0.2, 0.25) is 0 Å². The summed E-state index contributed by atoms with van der Waals surface area (Å²) in [4.78, 5) is 0. The normalized spacial score (nSPS) is 30.7. The van der Waals surface area contributed by atoms with Gasteiger partial charge in [-0.15, -0.1) is 0 Å². The monoisotopic (exact) mass is 235 g/mol. The van der Waals surface area contributed by atoms with Crippen LogP contribution in [0.3, 0.4) is 0 Å². The summed E-state index contributed by atoms with van der Waals surface area (Å²) in [7, 11) is 0. The molecule has 3 heteroatoms. The summed E-state index contributed by atoms with van der Waals surface area (Å²) in [5.74, 6) is 1.37. The summed E-state index contributed by atoms with van der Waals surface area (Å²) < 4.78 is 2.09. The number of aromatic nitrogens is 2. The average molecular weight is 235 g/mol. The lowest BCUT2D eigenvalue weighted by atomic mass is 9.92. The average Bonchev–Trinajstić information content (AvgIpc) is 2.91. The van der Waals surface area contributed by atoms with Gasteiger partial charge in [0.15, 0.2) is 0 Å². The van der Waals surface area contributed by atoms with E-state index < -0.39 is 0 Å². The predicted molar refractivity (Wildman–Crippen MR) is 70.8 cm³/mol. The summed E-state index contributed by atoms with van der Waals surface area (Å²) in [5.41, 5.74) is 7.30. The molecule has 0 amide bonds. The van der Waals surface area contributed by atoms with Crippen molar-refractivity contribution < 1.29 is 0 Å². The SMILES string of the molecule is CCC(C)n1ccc(CC2CCC(N)C2C)n1. The van der Waals surface area contributed by atoms with Gasteiger partial charge in [-0.1, -0.05) is 13.8 Å². The van der Waals surface area contributed by atoms with E-state index in [1.165, 1.54) is 18.5 Å². The molecule has 2 N–H and O–H groups in total. The number of rotatable bonds is 4. The van der Waals surface area contributed by atoms with Crippen molar-refractivity contribution in [1.82, 2.24) is 9.78 Å². The Kier molecular flexibility index (Phi) is 3.87. The van der Waals surface area contributed by atoms with Crippen molar-refractivity contribution in [2.75, 3.05) is 0 Å². The van der Waals surface area contributed by atoms with Crippen molar-refractivity contribution in [1.29, 1.82) is 0 Å². The van der Waals surface area contributed by atoms with Crippen molar-refractivity contribution in [3.05, 3.63) is 18.0 Å². The van der Waals surface area contributed by atoms with Gasteiger partial charge >= 0.3 is 0 Å². The van der Waals surface area contributed by atoms with E-state index in [1.54, 1.807) is 0 Å². The van der Waals surface area contributed by atoms with E-state index in [4.69, 9.17) is 5.73 Å². The fourth-order valence-electron chi connectivity index (χ4n) is 2.76. The minimum Gasteiger partial charge on any atom is -0.327 e. The Hall–Kier alpha value is -0.830. The van der Waals surface area contributed by atoms with Gasteiger partial charge in [0.05, 0.1) is 5.69 Å². The van der Waals surface area contributed by atoms with Crippen LogP contribution < -0.4 is 5.73 Å². The van der Waals surface area contributed by atoms with Gasteiger partial charge in [-0.05, 0) is 50.5 Å². The number of nitrogens with two attached hydrogens (primary N) is 1. The molecule has 0 aliphatic heterocycles. The summed E-state index contributed by atoms with van der Waals surface area (Å²) in [5, 5.41) is 4.68. The van der Waals surface area contributed by atoms with Gasteiger partial charge < -0.3 is 5.73 Å². The molecule has 3 nitrogen and oxygen atoms in total. The molecule has 0 aromatic carbocycles. The van der Waals surface area contributed by atoms with Gasteiger partial charge in [0.25, 0.3) is 0 Å². The first-order valence-corrected chi connectivity index (χ1v) is 6.91. The van der Waals surface area contributed by atoms with Gasteiger partial charge in [-0.3, -0.25) is 4.68 Å². The smallest absolute Gasteiger partial charge is 0.0627 e. The van der Waals surface area contributed by atoms with E-state index in [0.717, 1.165) is 18.8 Å². The van der Waals surface area contributed by atoms with E-state index in [0.29, 0.717) is 18.0 Å². The number of hydrogen-bond acceptors (Lipinski definition) is 2. The summed E-state index contributed by atoms with van der Waals surface area (Å²) in [6.45, 7) is 6.70. The minimum absolute atomic E-state index is 0.400. The van der Waals surface area contributed by atoms with E-state index in [2.05, 4.69) is 42.8 Å². The fourth-order valence-corrected chi connectivity index (χ4v) is 2.76. The standard InChI is InChI=1S/C14H25N3/c1-4-10(2)17-8-7-13(16-17)9-12-5-6-14(15)11(12)3/h7-8,10-12,14H,4-6,9,15H2,1-3H3. The first-order chi connectivity index (χ1) is 8.11. The highest BCUT2D eigenvalue weighted by Gasteiger charge is 2.30. The Balaban J connectivity index is 1.97.